The normalized spacial score (nSPS) is 20.9. The number of aromatic nitrogens is 2. The van der Waals surface area contributed by atoms with Crippen LogP contribution in [-0.4, -0.2) is 34.1 Å². The van der Waals surface area contributed by atoms with Crippen LogP contribution in [0.4, 0.5) is 5.69 Å². The second-order valence-electron chi connectivity index (χ2n) is 5.96. The molecule has 5 nitrogen and oxygen atoms in total. The van der Waals surface area contributed by atoms with Crippen molar-refractivity contribution in [2.45, 2.75) is 52.2 Å². The molecule has 0 radical (unpaired) electrons. The van der Waals surface area contributed by atoms with Crippen molar-refractivity contribution in [2.24, 2.45) is 5.92 Å². The Bertz CT molecular complexity index is 484. The second-order valence-corrected chi connectivity index (χ2v) is 5.96. The lowest BCUT2D eigenvalue weighted by Gasteiger charge is -2.32. The summed E-state index contributed by atoms with van der Waals surface area (Å²) in [5.41, 5.74) is 0.889. The van der Waals surface area contributed by atoms with Crippen LogP contribution in [0.3, 0.4) is 0 Å². The van der Waals surface area contributed by atoms with Crippen molar-refractivity contribution in [1.82, 2.24) is 9.78 Å². The minimum atomic E-state index is -0.320. The van der Waals surface area contributed by atoms with E-state index in [9.17, 15) is 9.90 Å². The van der Waals surface area contributed by atoms with Crippen molar-refractivity contribution >= 4 is 5.69 Å². The Morgan fingerprint density at radius 3 is 3.00 bits per heavy atom. The number of rotatable bonds is 5. The van der Waals surface area contributed by atoms with Crippen molar-refractivity contribution in [3.8, 4) is 0 Å². The first-order valence-electron chi connectivity index (χ1n) is 7.56. The van der Waals surface area contributed by atoms with Crippen molar-refractivity contribution < 1.29 is 5.11 Å². The summed E-state index contributed by atoms with van der Waals surface area (Å²) in [7, 11) is 0. The molecule has 1 aliphatic heterocycles. The van der Waals surface area contributed by atoms with Gasteiger partial charge in [0.25, 0.3) is 5.56 Å². The topological polar surface area (TPSA) is 58.4 Å². The zero-order valence-electron chi connectivity index (χ0n) is 12.5. The van der Waals surface area contributed by atoms with Crippen LogP contribution in [0.25, 0.3) is 0 Å². The van der Waals surface area contributed by atoms with Crippen LogP contribution in [0.5, 0.6) is 0 Å². The second kappa shape index (κ2) is 6.88. The van der Waals surface area contributed by atoms with E-state index in [1.54, 1.807) is 19.2 Å². The number of hydrogen-bond donors (Lipinski definition) is 1. The van der Waals surface area contributed by atoms with E-state index in [1.807, 2.05) is 0 Å². The van der Waals surface area contributed by atoms with Crippen LogP contribution in [0, 0.1) is 5.92 Å². The molecule has 0 bridgehead atoms. The van der Waals surface area contributed by atoms with Gasteiger partial charge in [0.15, 0.2) is 0 Å². The summed E-state index contributed by atoms with van der Waals surface area (Å²) in [5, 5.41) is 13.5. The molecule has 2 atom stereocenters. The monoisotopic (exact) mass is 279 g/mol. The molecule has 20 heavy (non-hydrogen) atoms. The highest BCUT2D eigenvalue weighted by molar-refractivity contribution is 5.43. The van der Waals surface area contributed by atoms with Crippen molar-refractivity contribution in [1.29, 1.82) is 0 Å². The van der Waals surface area contributed by atoms with E-state index in [4.69, 9.17) is 0 Å². The predicted octanol–water partition coefficient (Wildman–Crippen LogP) is 1.64. The highest BCUT2D eigenvalue weighted by Crippen LogP contribution is 2.20. The number of aliphatic hydroxyl groups is 1. The molecule has 0 aliphatic carbocycles. The summed E-state index contributed by atoms with van der Waals surface area (Å²) in [4.78, 5) is 14.3. The van der Waals surface area contributed by atoms with Gasteiger partial charge in [-0.25, -0.2) is 4.68 Å². The highest BCUT2D eigenvalue weighted by atomic mass is 16.3. The first kappa shape index (κ1) is 15.0. The van der Waals surface area contributed by atoms with Gasteiger partial charge < -0.3 is 10.0 Å². The van der Waals surface area contributed by atoms with Crippen LogP contribution in [0.2, 0.25) is 0 Å². The third-order valence-corrected chi connectivity index (χ3v) is 3.87. The number of piperidine rings is 1. The van der Waals surface area contributed by atoms with Gasteiger partial charge in [-0.05, 0) is 38.5 Å². The molecular formula is C15H25N3O2. The average Bonchev–Trinajstić information content (AvgIpc) is 2.40. The van der Waals surface area contributed by atoms with E-state index in [0.29, 0.717) is 18.9 Å². The third kappa shape index (κ3) is 4.07. The largest absolute Gasteiger partial charge is 0.393 e. The number of aryl methyl sites for hydroxylation is 1. The molecular weight excluding hydrogens is 254 g/mol. The minimum absolute atomic E-state index is 0.0497. The lowest BCUT2D eigenvalue weighted by Crippen LogP contribution is -2.35. The van der Waals surface area contributed by atoms with Crippen LogP contribution in [-0.2, 0) is 6.54 Å². The first-order valence-corrected chi connectivity index (χ1v) is 7.56. The van der Waals surface area contributed by atoms with Gasteiger partial charge in [0, 0.05) is 25.7 Å². The van der Waals surface area contributed by atoms with Gasteiger partial charge in [-0.1, -0.05) is 6.92 Å². The lowest BCUT2D eigenvalue weighted by molar-refractivity contribution is 0.178. The van der Waals surface area contributed by atoms with Crippen molar-refractivity contribution in [3.63, 3.8) is 0 Å². The Kier molecular flexibility index (Phi) is 5.17. The Labute approximate surface area is 120 Å². The predicted molar refractivity (Wildman–Crippen MR) is 80.0 cm³/mol. The van der Waals surface area contributed by atoms with Gasteiger partial charge in [0.2, 0.25) is 0 Å². The molecule has 1 aromatic rings. The quantitative estimate of drug-likeness (QED) is 0.890. The summed E-state index contributed by atoms with van der Waals surface area (Å²) in [6.07, 6.45) is 5.38. The highest BCUT2D eigenvalue weighted by Gasteiger charge is 2.17. The molecule has 0 amide bonds. The SMILES string of the molecule is CC(O)CCCn1ncc(N2CCCC(C)C2)cc1=O. The molecule has 2 unspecified atom stereocenters. The molecule has 2 rings (SSSR count). The number of nitrogens with zero attached hydrogens (tertiary/aromatic N) is 3. The summed E-state index contributed by atoms with van der Waals surface area (Å²) >= 11 is 0. The van der Waals surface area contributed by atoms with Crippen LogP contribution in [0.1, 0.15) is 39.5 Å². The summed E-state index contributed by atoms with van der Waals surface area (Å²) in [6.45, 7) is 6.60. The number of hydrogen-bond acceptors (Lipinski definition) is 4. The van der Waals surface area contributed by atoms with Crippen LogP contribution in [0.15, 0.2) is 17.1 Å². The standard InChI is InChI=1S/C15H25N3O2/c1-12-5-3-7-17(11-12)14-9-15(20)18(16-10-14)8-4-6-13(2)19/h9-10,12-13,19H,3-8,11H2,1-2H3. The Morgan fingerprint density at radius 2 is 2.35 bits per heavy atom. The molecule has 1 N–H and O–H groups in total. The van der Waals surface area contributed by atoms with Crippen LogP contribution >= 0.6 is 0 Å². The van der Waals surface area contributed by atoms with Gasteiger partial charge in [-0.3, -0.25) is 4.79 Å². The van der Waals surface area contributed by atoms with E-state index in [-0.39, 0.29) is 11.7 Å². The molecule has 0 aromatic carbocycles. The molecule has 1 saturated heterocycles. The fraction of sp³-hybridized carbons (Fsp3) is 0.733. The lowest BCUT2D eigenvalue weighted by atomic mass is 10.00. The number of anilines is 1. The third-order valence-electron chi connectivity index (χ3n) is 3.87. The van der Waals surface area contributed by atoms with E-state index in [1.165, 1.54) is 17.5 Å². The van der Waals surface area contributed by atoms with Gasteiger partial charge in [0.1, 0.15) is 0 Å². The Hall–Kier alpha value is -1.36. The maximum Gasteiger partial charge on any atom is 0.268 e. The molecule has 1 aliphatic rings. The van der Waals surface area contributed by atoms with Crippen molar-refractivity contribution in [3.05, 3.63) is 22.6 Å². The maximum absolute atomic E-state index is 12.1. The maximum atomic E-state index is 12.1. The smallest absolute Gasteiger partial charge is 0.268 e. The van der Waals surface area contributed by atoms with Gasteiger partial charge in [0.05, 0.1) is 18.0 Å². The van der Waals surface area contributed by atoms with Gasteiger partial charge >= 0.3 is 0 Å². The molecule has 1 aromatic heterocycles. The van der Waals surface area contributed by atoms with Gasteiger partial charge in [-0.2, -0.15) is 5.10 Å². The van der Waals surface area contributed by atoms with Crippen LogP contribution < -0.4 is 10.5 Å². The molecule has 1 fully saturated rings. The molecule has 0 spiro atoms. The zero-order valence-corrected chi connectivity index (χ0v) is 12.5. The fourth-order valence-electron chi connectivity index (χ4n) is 2.73. The molecule has 5 heteroatoms. The van der Waals surface area contributed by atoms with E-state index >= 15 is 0 Å². The summed E-state index contributed by atoms with van der Waals surface area (Å²) in [6, 6.07) is 1.69. The summed E-state index contributed by atoms with van der Waals surface area (Å²) < 4.78 is 1.49. The van der Waals surface area contributed by atoms with Crippen molar-refractivity contribution in [2.75, 3.05) is 18.0 Å². The van der Waals surface area contributed by atoms with E-state index in [2.05, 4.69) is 16.9 Å². The van der Waals surface area contributed by atoms with E-state index < -0.39 is 0 Å². The van der Waals surface area contributed by atoms with E-state index in [0.717, 1.165) is 25.2 Å². The average molecular weight is 279 g/mol. The fourth-order valence-corrected chi connectivity index (χ4v) is 2.73. The molecule has 0 saturated carbocycles. The Morgan fingerprint density at radius 1 is 1.55 bits per heavy atom. The Balaban J connectivity index is 2.00. The number of aliphatic hydroxyl groups excluding tert-OH is 1. The van der Waals surface area contributed by atoms with Gasteiger partial charge in [-0.15, -0.1) is 0 Å². The molecule has 112 valence electrons. The summed E-state index contributed by atoms with van der Waals surface area (Å²) in [5.74, 6) is 0.678. The zero-order chi connectivity index (χ0) is 14.5. The minimum Gasteiger partial charge on any atom is -0.393 e. The first-order chi connectivity index (χ1) is 9.56. The molecule has 2 heterocycles.